The largest absolute Gasteiger partial charge is 0.507 e. The molecule has 0 fully saturated rings. The third kappa shape index (κ3) is 3.95. The summed E-state index contributed by atoms with van der Waals surface area (Å²) >= 11 is 5.78. The molecule has 0 spiro atoms. The van der Waals surface area contributed by atoms with E-state index in [4.69, 9.17) is 11.6 Å². The van der Waals surface area contributed by atoms with Crippen LogP contribution in [0.3, 0.4) is 0 Å². The molecule has 0 saturated carbocycles. The van der Waals surface area contributed by atoms with Gasteiger partial charge in [0, 0.05) is 17.0 Å². The molecular formula is C12H13ClO3. The Hall–Kier alpha value is -1.48. The number of aromatic hydroxyl groups is 1. The maximum absolute atomic E-state index is 10.8. The van der Waals surface area contributed by atoms with Crippen LogP contribution in [0.5, 0.6) is 5.75 Å². The van der Waals surface area contributed by atoms with Crippen molar-refractivity contribution in [2.75, 3.05) is 7.11 Å². The van der Waals surface area contributed by atoms with Gasteiger partial charge < -0.3 is 9.84 Å². The van der Waals surface area contributed by atoms with Gasteiger partial charge in [-0.05, 0) is 24.6 Å². The van der Waals surface area contributed by atoms with Crippen LogP contribution in [0.25, 0.3) is 6.08 Å². The number of phenolic OH excluding ortho intramolecular Hbond substituents is 1. The molecule has 1 N–H and O–H groups in total. The number of carbonyl (C=O) groups excluding carboxylic acids is 1. The maximum Gasteiger partial charge on any atom is 0.305 e. The van der Waals surface area contributed by atoms with Crippen LogP contribution in [0.15, 0.2) is 24.3 Å². The van der Waals surface area contributed by atoms with Gasteiger partial charge in [-0.1, -0.05) is 23.8 Å². The van der Waals surface area contributed by atoms with E-state index in [1.165, 1.54) is 13.2 Å². The van der Waals surface area contributed by atoms with Gasteiger partial charge in [-0.25, -0.2) is 0 Å². The Bertz CT molecular complexity index is 399. The highest BCUT2D eigenvalue weighted by atomic mass is 35.5. The second kappa shape index (κ2) is 6.18. The van der Waals surface area contributed by atoms with Crippen molar-refractivity contribution in [3.8, 4) is 5.75 Å². The maximum atomic E-state index is 10.8. The summed E-state index contributed by atoms with van der Waals surface area (Å²) in [5.74, 6) is -0.0846. The molecule has 1 aromatic rings. The molecule has 0 unspecified atom stereocenters. The Morgan fingerprint density at radius 3 is 3.00 bits per heavy atom. The highest BCUT2D eigenvalue weighted by Gasteiger charge is 1.99. The summed E-state index contributed by atoms with van der Waals surface area (Å²) in [5, 5.41) is 10.0. The van der Waals surface area contributed by atoms with Crippen molar-refractivity contribution < 1.29 is 14.6 Å². The van der Waals surface area contributed by atoms with Gasteiger partial charge in [0.2, 0.25) is 0 Å². The second-order valence-corrected chi connectivity index (χ2v) is 3.66. The molecule has 0 atom stereocenters. The van der Waals surface area contributed by atoms with Gasteiger partial charge in [0.1, 0.15) is 5.75 Å². The zero-order valence-corrected chi connectivity index (χ0v) is 9.70. The molecule has 0 amide bonds. The zero-order valence-electron chi connectivity index (χ0n) is 8.94. The molecule has 1 aromatic carbocycles. The van der Waals surface area contributed by atoms with Crippen LogP contribution >= 0.6 is 11.6 Å². The average Bonchev–Trinajstić information content (AvgIpc) is 2.28. The number of methoxy groups -OCH3 is 1. The van der Waals surface area contributed by atoms with Crippen LogP contribution < -0.4 is 0 Å². The number of halogens is 1. The molecule has 0 aromatic heterocycles. The number of rotatable bonds is 4. The smallest absolute Gasteiger partial charge is 0.305 e. The van der Waals surface area contributed by atoms with Gasteiger partial charge in [-0.15, -0.1) is 0 Å². The van der Waals surface area contributed by atoms with Gasteiger partial charge in [-0.3, -0.25) is 4.79 Å². The predicted octanol–water partition coefficient (Wildman–Crippen LogP) is 3.01. The van der Waals surface area contributed by atoms with Crippen molar-refractivity contribution in [3.05, 3.63) is 34.9 Å². The summed E-state index contributed by atoms with van der Waals surface area (Å²) in [5.41, 5.74) is 0.636. The van der Waals surface area contributed by atoms with Crippen LogP contribution in [0.1, 0.15) is 18.4 Å². The van der Waals surface area contributed by atoms with Crippen molar-refractivity contribution in [1.29, 1.82) is 0 Å². The molecule has 86 valence electrons. The molecule has 3 nitrogen and oxygen atoms in total. The van der Waals surface area contributed by atoms with Crippen molar-refractivity contribution in [2.45, 2.75) is 12.8 Å². The molecule has 0 saturated heterocycles. The number of phenols is 1. The average molecular weight is 241 g/mol. The summed E-state index contributed by atoms with van der Waals surface area (Å²) in [6.07, 6.45) is 4.42. The fourth-order valence-corrected chi connectivity index (χ4v) is 1.35. The first-order valence-electron chi connectivity index (χ1n) is 4.85. The minimum absolute atomic E-state index is 0.165. The number of ether oxygens (including phenoxy) is 1. The number of carbonyl (C=O) groups is 1. The first-order chi connectivity index (χ1) is 7.63. The van der Waals surface area contributed by atoms with Gasteiger partial charge in [0.05, 0.1) is 7.11 Å². The lowest BCUT2D eigenvalue weighted by molar-refractivity contribution is -0.140. The van der Waals surface area contributed by atoms with E-state index in [0.29, 0.717) is 23.4 Å². The van der Waals surface area contributed by atoms with Crippen LogP contribution in [-0.2, 0) is 9.53 Å². The monoisotopic (exact) mass is 240 g/mol. The summed E-state index contributed by atoms with van der Waals surface area (Å²) in [7, 11) is 1.36. The second-order valence-electron chi connectivity index (χ2n) is 3.22. The molecule has 0 radical (unpaired) electrons. The molecule has 0 heterocycles. The highest BCUT2D eigenvalue weighted by molar-refractivity contribution is 6.30. The predicted molar refractivity (Wildman–Crippen MR) is 63.4 cm³/mol. The van der Waals surface area contributed by atoms with E-state index < -0.39 is 0 Å². The van der Waals surface area contributed by atoms with E-state index in [1.807, 2.05) is 0 Å². The molecule has 0 bridgehead atoms. The van der Waals surface area contributed by atoms with Crippen molar-refractivity contribution in [2.24, 2.45) is 0 Å². The third-order valence-electron chi connectivity index (χ3n) is 2.03. The van der Waals surface area contributed by atoms with Crippen LogP contribution in [0.4, 0.5) is 0 Å². The van der Waals surface area contributed by atoms with Crippen LogP contribution in [-0.4, -0.2) is 18.2 Å². The fourth-order valence-electron chi connectivity index (χ4n) is 1.17. The number of esters is 1. The van der Waals surface area contributed by atoms with E-state index in [-0.39, 0.29) is 11.7 Å². The molecule has 16 heavy (non-hydrogen) atoms. The highest BCUT2D eigenvalue weighted by Crippen LogP contribution is 2.22. The van der Waals surface area contributed by atoms with Crippen LogP contribution in [0, 0.1) is 0 Å². The molecule has 0 aliphatic rings. The number of allylic oxidation sites excluding steroid dienone is 1. The Balaban J connectivity index is 2.56. The molecular weight excluding hydrogens is 228 g/mol. The minimum atomic E-state index is -0.250. The molecule has 1 rings (SSSR count). The fraction of sp³-hybridized carbons (Fsp3) is 0.250. The topological polar surface area (TPSA) is 46.5 Å². The lowest BCUT2D eigenvalue weighted by Gasteiger charge is -1.99. The van der Waals surface area contributed by atoms with Gasteiger partial charge in [0.25, 0.3) is 0 Å². The van der Waals surface area contributed by atoms with Gasteiger partial charge in [0.15, 0.2) is 0 Å². The normalized spacial score (nSPS) is 10.6. The van der Waals surface area contributed by atoms with Gasteiger partial charge in [-0.2, -0.15) is 0 Å². The molecule has 0 aliphatic carbocycles. The van der Waals surface area contributed by atoms with Crippen LogP contribution in [0.2, 0.25) is 5.02 Å². The van der Waals surface area contributed by atoms with E-state index in [0.717, 1.165) is 0 Å². The lowest BCUT2D eigenvalue weighted by atomic mass is 10.1. The Labute approximate surface area is 99.3 Å². The first-order valence-corrected chi connectivity index (χ1v) is 5.23. The summed E-state index contributed by atoms with van der Waals surface area (Å²) in [6, 6.07) is 4.80. The lowest BCUT2D eigenvalue weighted by Crippen LogP contribution is -1.97. The number of hydrogen-bond donors (Lipinski definition) is 1. The van der Waals surface area contributed by atoms with Gasteiger partial charge >= 0.3 is 5.97 Å². The van der Waals surface area contributed by atoms with E-state index in [1.54, 1.807) is 24.3 Å². The Morgan fingerprint density at radius 1 is 1.56 bits per heavy atom. The standard InChI is InChI=1S/C12H13ClO3/c1-16-12(15)5-3-2-4-9-8-10(13)6-7-11(9)14/h2,4,6-8,14H,3,5H2,1H3/b4-2+. The number of hydrogen-bond acceptors (Lipinski definition) is 3. The first kappa shape index (κ1) is 12.6. The zero-order chi connectivity index (χ0) is 12.0. The summed E-state index contributed by atoms with van der Waals surface area (Å²) in [6.45, 7) is 0. The summed E-state index contributed by atoms with van der Waals surface area (Å²) in [4.78, 5) is 10.8. The summed E-state index contributed by atoms with van der Waals surface area (Å²) < 4.78 is 4.50. The Kier molecular flexibility index (Phi) is 4.86. The Morgan fingerprint density at radius 2 is 2.31 bits per heavy atom. The van der Waals surface area contributed by atoms with E-state index in [9.17, 15) is 9.90 Å². The van der Waals surface area contributed by atoms with E-state index >= 15 is 0 Å². The van der Waals surface area contributed by atoms with E-state index in [2.05, 4.69) is 4.74 Å². The van der Waals surface area contributed by atoms with Crippen molar-refractivity contribution in [1.82, 2.24) is 0 Å². The molecule has 4 heteroatoms. The SMILES string of the molecule is COC(=O)CC/C=C/c1cc(Cl)ccc1O. The quantitative estimate of drug-likeness (QED) is 0.823. The van der Waals surface area contributed by atoms with Crippen molar-refractivity contribution in [3.63, 3.8) is 0 Å². The number of benzene rings is 1. The third-order valence-corrected chi connectivity index (χ3v) is 2.26. The molecule has 0 aliphatic heterocycles. The van der Waals surface area contributed by atoms with Crippen molar-refractivity contribution >= 4 is 23.6 Å². The minimum Gasteiger partial charge on any atom is -0.507 e.